The fourth-order valence-electron chi connectivity index (χ4n) is 1.63. The summed E-state index contributed by atoms with van der Waals surface area (Å²) in [5.74, 6) is -0.130. The summed E-state index contributed by atoms with van der Waals surface area (Å²) in [6.07, 6.45) is 1.75. The highest BCUT2D eigenvalue weighted by atomic mass is 35.5. The average molecular weight is 249 g/mol. The maximum absolute atomic E-state index is 12.0. The van der Waals surface area contributed by atoms with Crippen LogP contribution in [0.4, 0.5) is 5.69 Å². The van der Waals surface area contributed by atoms with Crippen molar-refractivity contribution >= 4 is 23.2 Å². The van der Waals surface area contributed by atoms with Crippen LogP contribution in [0, 0.1) is 13.8 Å². The van der Waals surface area contributed by atoms with Gasteiger partial charge in [-0.3, -0.25) is 4.79 Å². The molecule has 0 bridgehead atoms. The normalized spacial score (nSPS) is 10.3. The van der Waals surface area contributed by atoms with Gasteiger partial charge in [0.15, 0.2) is 0 Å². The number of hydrogen-bond acceptors (Lipinski definition) is 1. The molecule has 0 saturated carbocycles. The number of hydrogen-bond donors (Lipinski definition) is 2. The molecule has 2 N–H and O–H groups in total. The summed E-state index contributed by atoms with van der Waals surface area (Å²) in [5.41, 5.74) is 3.10. The van der Waals surface area contributed by atoms with E-state index in [2.05, 4.69) is 10.3 Å². The van der Waals surface area contributed by atoms with Crippen molar-refractivity contribution in [2.24, 2.45) is 0 Å². The Balaban J connectivity index is 2.25. The van der Waals surface area contributed by atoms with Crippen molar-refractivity contribution in [1.82, 2.24) is 4.98 Å². The van der Waals surface area contributed by atoms with E-state index in [1.165, 1.54) is 0 Å². The Morgan fingerprint density at radius 3 is 2.71 bits per heavy atom. The van der Waals surface area contributed by atoms with Crippen LogP contribution >= 0.6 is 11.6 Å². The largest absolute Gasteiger partial charge is 0.365 e. The number of aromatic amines is 1. The van der Waals surface area contributed by atoms with Crippen LogP contribution in [0.2, 0.25) is 5.02 Å². The number of aryl methyl sites for hydroxylation is 1. The molecule has 4 heteroatoms. The van der Waals surface area contributed by atoms with Gasteiger partial charge in [0.1, 0.15) is 0 Å². The van der Waals surface area contributed by atoms with Gasteiger partial charge in [0, 0.05) is 22.6 Å². The van der Waals surface area contributed by atoms with Gasteiger partial charge in [0.05, 0.1) is 5.56 Å². The molecule has 2 rings (SSSR count). The van der Waals surface area contributed by atoms with Crippen LogP contribution in [0.5, 0.6) is 0 Å². The molecule has 0 aliphatic rings. The van der Waals surface area contributed by atoms with E-state index in [1.54, 1.807) is 18.3 Å². The molecule has 88 valence electrons. The molecule has 1 heterocycles. The molecule has 0 aliphatic carbocycles. The van der Waals surface area contributed by atoms with Gasteiger partial charge in [-0.15, -0.1) is 0 Å². The minimum absolute atomic E-state index is 0.130. The quantitative estimate of drug-likeness (QED) is 0.839. The van der Waals surface area contributed by atoms with E-state index in [9.17, 15) is 4.79 Å². The lowest BCUT2D eigenvalue weighted by Gasteiger charge is -2.09. The molecule has 0 fully saturated rings. The number of H-pyrrole nitrogens is 1. The minimum Gasteiger partial charge on any atom is -0.365 e. The van der Waals surface area contributed by atoms with E-state index < -0.39 is 0 Å². The van der Waals surface area contributed by atoms with Crippen molar-refractivity contribution < 1.29 is 4.79 Å². The lowest BCUT2D eigenvalue weighted by atomic mass is 10.2. The third-order valence-electron chi connectivity index (χ3n) is 2.71. The first kappa shape index (κ1) is 11.7. The summed E-state index contributed by atoms with van der Waals surface area (Å²) < 4.78 is 0. The predicted octanol–water partition coefficient (Wildman–Crippen LogP) is 3.54. The zero-order valence-corrected chi connectivity index (χ0v) is 10.4. The second kappa shape index (κ2) is 4.63. The van der Waals surface area contributed by atoms with E-state index >= 15 is 0 Å². The first-order chi connectivity index (χ1) is 8.09. The number of carbonyl (C=O) groups excluding carboxylic acids is 1. The van der Waals surface area contributed by atoms with E-state index in [1.807, 2.05) is 26.0 Å². The van der Waals surface area contributed by atoms with E-state index in [-0.39, 0.29) is 5.91 Å². The van der Waals surface area contributed by atoms with Crippen molar-refractivity contribution in [3.8, 4) is 0 Å². The maximum atomic E-state index is 12.0. The van der Waals surface area contributed by atoms with Crippen molar-refractivity contribution in [3.63, 3.8) is 0 Å². The summed E-state index contributed by atoms with van der Waals surface area (Å²) in [5, 5.41) is 3.50. The number of carbonyl (C=O) groups is 1. The molecule has 1 amide bonds. The second-order valence-electron chi connectivity index (χ2n) is 3.88. The van der Waals surface area contributed by atoms with Gasteiger partial charge in [0.2, 0.25) is 0 Å². The van der Waals surface area contributed by atoms with Gasteiger partial charge in [-0.05, 0) is 37.6 Å². The van der Waals surface area contributed by atoms with E-state index in [4.69, 9.17) is 11.6 Å². The topological polar surface area (TPSA) is 44.9 Å². The first-order valence-corrected chi connectivity index (χ1v) is 5.68. The summed E-state index contributed by atoms with van der Waals surface area (Å²) in [4.78, 5) is 15.0. The fraction of sp³-hybridized carbons (Fsp3) is 0.154. The number of benzene rings is 1. The third-order valence-corrected chi connectivity index (χ3v) is 3.12. The van der Waals surface area contributed by atoms with Crippen LogP contribution in [0.25, 0.3) is 0 Å². The highest BCUT2D eigenvalue weighted by molar-refractivity contribution is 6.31. The number of anilines is 1. The molecular formula is C13H13ClN2O. The molecule has 0 atom stereocenters. The van der Waals surface area contributed by atoms with Crippen LogP contribution in [0.15, 0.2) is 30.5 Å². The highest BCUT2D eigenvalue weighted by Crippen LogP contribution is 2.23. The lowest BCUT2D eigenvalue weighted by molar-refractivity contribution is 0.102. The molecule has 17 heavy (non-hydrogen) atoms. The smallest absolute Gasteiger partial charge is 0.257 e. The molecular weight excluding hydrogens is 236 g/mol. The predicted molar refractivity (Wildman–Crippen MR) is 69.7 cm³/mol. The summed E-state index contributed by atoms with van der Waals surface area (Å²) in [6, 6.07) is 7.20. The van der Waals surface area contributed by atoms with Crippen LogP contribution in [-0.2, 0) is 0 Å². The maximum Gasteiger partial charge on any atom is 0.257 e. The van der Waals surface area contributed by atoms with Gasteiger partial charge >= 0.3 is 0 Å². The Hall–Kier alpha value is -1.74. The highest BCUT2D eigenvalue weighted by Gasteiger charge is 2.11. The van der Waals surface area contributed by atoms with Crippen LogP contribution in [0.3, 0.4) is 0 Å². The number of amides is 1. The Bertz CT molecular complexity index is 560. The molecule has 0 spiro atoms. The Labute approximate surface area is 105 Å². The van der Waals surface area contributed by atoms with E-state index in [0.717, 1.165) is 16.9 Å². The molecule has 1 aromatic carbocycles. The van der Waals surface area contributed by atoms with Gasteiger partial charge < -0.3 is 10.3 Å². The summed E-state index contributed by atoms with van der Waals surface area (Å²) in [6.45, 7) is 3.74. The monoisotopic (exact) mass is 248 g/mol. The number of halogens is 1. The molecule has 0 radical (unpaired) electrons. The van der Waals surface area contributed by atoms with Crippen LogP contribution < -0.4 is 5.32 Å². The molecule has 0 aliphatic heterocycles. The van der Waals surface area contributed by atoms with Gasteiger partial charge in [0.25, 0.3) is 5.91 Å². The Kier molecular flexibility index (Phi) is 3.20. The molecule has 0 unspecified atom stereocenters. The first-order valence-electron chi connectivity index (χ1n) is 5.30. The fourth-order valence-corrected chi connectivity index (χ4v) is 1.81. The van der Waals surface area contributed by atoms with Crippen molar-refractivity contribution in [1.29, 1.82) is 0 Å². The van der Waals surface area contributed by atoms with Gasteiger partial charge in [-0.2, -0.15) is 0 Å². The van der Waals surface area contributed by atoms with Gasteiger partial charge in [-0.25, -0.2) is 0 Å². The summed E-state index contributed by atoms with van der Waals surface area (Å²) >= 11 is 6.00. The molecule has 0 saturated heterocycles. The molecule has 1 aromatic heterocycles. The molecule has 2 aromatic rings. The Morgan fingerprint density at radius 1 is 1.29 bits per heavy atom. The van der Waals surface area contributed by atoms with Crippen molar-refractivity contribution in [2.75, 3.05) is 5.32 Å². The zero-order valence-electron chi connectivity index (χ0n) is 9.67. The number of aromatic nitrogens is 1. The lowest BCUT2D eigenvalue weighted by Crippen LogP contribution is -2.13. The minimum atomic E-state index is -0.130. The second-order valence-corrected chi connectivity index (χ2v) is 4.29. The third kappa shape index (κ3) is 2.34. The average Bonchev–Trinajstić information content (AvgIpc) is 2.71. The molecule has 3 nitrogen and oxygen atoms in total. The standard InChI is InChI=1S/C13H13ClN2O/c1-8-11(14)4-3-5-12(8)16-13(17)10-6-7-15-9(10)2/h3-7,15H,1-2H3,(H,16,17). The zero-order chi connectivity index (χ0) is 12.4. The SMILES string of the molecule is Cc1[nH]ccc1C(=O)Nc1cccc(Cl)c1C. The number of nitrogens with one attached hydrogen (secondary N) is 2. The van der Waals surface area contributed by atoms with Gasteiger partial charge in [-0.1, -0.05) is 17.7 Å². The summed E-state index contributed by atoms with van der Waals surface area (Å²) in [7, 11) is 0. The van der Waals surface area contributed by atoms with E-state index in [0.29, 0.717) is 10.6 Å². The van der Waals surface area contributed by atoms with Crippen LogP contribution in [-0.4, -0.2) is 10.9 Å². The van der Waals surface area contributed by atoms with Crippen molar-refractivity contribution in [3.05, 3.63) is 52.3 Å². The Morgan fingerprint density at radius 2 is 2.06 bits per heavy atom. The number of rotatable bonds is 2. The van der Waals surface area contributed by atoms with Crippen LogP contribution in [0.1, 0.15) is 21.6 Å². The van der Waals surface area contributed by atoms with Crippen molar-refractivity contribution in [2.45, 2.75) is 13.8 Å².